The molecule has 0 heterocycles. The predicted molar refractivity (Wildman–Crippen MR) is 72.8 cm³/mol. The molecule has 0 aromatic heterocycles. The number of nitrogens with one attached hydrogen (secondary N) is 1. The molecule has 0 amide bonds. The molecule has 1 rings (SSSR count). The van der Waals surface area contributed by atoms with Crippen molar-refractivity contribution in [2.24, 2.45) is 0 Å². The topological polar surface area (TPSA) is 12.0 Å². The molecule has 0 saturated heterocycles. The number of hydrogen-bond donors (Lipinski definition) is 1. The van der Waals surface area contributed by atoms with Gasteiger partial charge >= 0.3 is 0 Å². The van der Waals surface area contributed by atoms with Gasteiger partial charge in [0.25, 0.3) is 0 Å². The van der Waals surface area contributed by atoms with E-state index in [9.17, 15) is 0 Å². The molecule has 1 heteroatoms. The number of rotatable bonds is 7. The maximum Gasteiger partial charge on any atom is 0.0276 e. The van der Waals surface area contributed by atoms with Crippen molar-refractivity contribution in [3.05, 3.63) is 11.6 Å². The summed E-state index contributed by atoms with van der Waals surface area (Å²) >= 11 is 0. The minimum absolute atomic E-state index is 0.662. The minimum Gasteiger partial charge on any atom is -0.313 e. The summed E-state index contributed by atoms with van der Waals surface area (Å²) in [7, 11) is 2.12. The summed E-state index contributed by atoms with van der Waals surface area (Å²) in [5, 5.41) is 3.51. The van der Waals surface area contributed by atoms with E-state index in [0.29, 0.717) is 6.04 Å². The molecule has 1 N–H and O–H groups in total. The smallest absolute Gasteiger partial charge is 0.0276 e. The Hall–Kier alpha value is -0.300. The van der Waals surface area contributed by atoms with Crippen molar-refractivity contribution in [3.63, 3.8) is 0 Å². The van der Waals surface area contributed by atoms with E-state index in [0.717, 1.165) is 0 Å². The van der Waals surface area contributed by atoms with Crippen molar-refractivity contribution in [1.82, 2.24) is 5.32 Å². The van der Waals surface area contributed by atoms with Gasteiger partial charge in [0.05, 0.1) is 0 Å². The first-order chi connectivity index (χ1) is 7.88. The van der Waals surface area contributed by atoms with Gasteiger partial charge in [-0.2, -0.15) is 0 Å². The second kappa shape index (κ2) is 8.81. The summed E-state index contributed by atoms with van der Waals surface area (Å²) in [6, 6.07) is 0.662. The van der Waals surface area contributed by atoms with E-state index < -0.39 is 0 Å². The fourth-order valence-electron chi connectivity index (χ4n) is 2.65. The van der Waals surface area contributed by atoms with Gasteiger partial charge in [0.15, 0.2) is 0 Å². The zero-order valence-corrected chi connectivity index (χ0v) is 11.2. The van der Waals surface area contributed by atoms with Gasteiger partial charge in [0.2, 0.25) is 0 Å². The SMILES string of the molecule is CCCCCCC(NC)C1=CCCCCC1. The Bertz CT molecular complexity index is 196. The Morgan fingerprint density at radius 1 is 1.19 bits per heavy atom. The fourth-order valence-corrected chi connectivity index (χ4v) is 2.65. The Balaban J connectivity index is 2.30. The molecule has 0 aliphatic heterocycles. The van der Waals surface area contributed by atoms with Crippen LogP contribution in [0.4, 0.5) is 0 Å². The van der Waals surface area contributed by atoms with E-state index in [4.69, 9.17) is 0 Å². The van der Waals surface area contributed by atoms with Crippen LogP contribution in [-0.4, -0.2) is 13.1 Å². The summed E-state index contributed by atoms with van der Waals surface area (Å²) in [4.78, 5) is 0. The molecule has 94 valence electrons. The van der Waals surface area contributed by atoms with Crippen LogP contribution in [0, 0.1) is 0 Å². The van der Waals surface area contributed by atoms with Gasteiger partial charge < -0.3 is 5.32 Å². The first-order valence-corrected chi connectivity index (χ1v) is 7.24. The molecule has 1 atom stereocenters. The molecule has 1 unspecified atom stereocenters. The van der Waals surface area contributed by atoms with Crippen molar-refractivity contribution < 1.29 is 0 Å². The molecular formula is C15H29N. The van der Waals surface area contributed by atoms with Gasteiger partial charge in [0.1, 0.15) is 0 Å². The molecule has 0 aromatic rings. The van der Waals surface area contributed by atoms with E-state index in [1.54, 1.807) is 5.57 Å². The zero-order valence-electron chi connectivity index (χ0n) is 11.2. The average molecular weight is 223 g/mol. The van der Waals surface area contributed by atoms with E-state index in [-0.39, 0.29) is 0 Å². The first-order valence-electron chi connectivity index (χ1n) is 7.24. The molecule has 0 radical (unpaired) electrons. The summed E-state index contributed by atoms with van der Waals surface area (Å²) in [5.41, 5.74) is 1.69. The molecule has 0 spiro atoms. The lowest BCUT2D eigenvalue weighted by molar-refractivity contribution is 0.519. The van der Waals surface area contributed by atoms with E-state index in [1.165, 1.54) is 64.2 Å². The third-order valence-corrected chi connectivity index (χ3v) is 3.72. The second-order valence-corrected chi connectivity index (χ2v) is 5.07. The van der Waals surface area contributed by atoms with Gasteiger partial charge in [-0.05, 0) is 39.2 Å². The largest absolute Gasteiger partial charge is 0.313 e. The van der Waals surface area contributed by atoms with Crippen molar-refractivity contribution >= 4 is 0 Å². The van der Waals surface area contributed by atoms with Gasteiger partial charge in [-0.25, -0.2) is 0 Å². The molecular weight excluding hydrogens is 194 g/mol. The molecule has 0 saturated carbocycles. The van der Waals surface area contributed by atoms with Crippen LogP contribution in [-0.2, 0) is 0 Å². The summed E-state index contributed by atoms with van der Waals surface area (Å²) in [5.74, 6) is 0. The first kappa shape index (κ1) is 13.8. The fraction of sp³-hybridized carbons (Fsp3) is 0.867. The lowest BCUT2D eigenvalue weighted by atomic mass is 9.96. The third-order valence-electron chi connectivity index (χ3n) is 3.72. The van der Waals surface area contributed by atoms with Crippen LogP contribution >= 0.6 is 0 Å². The predicted octanol–water partition coefficient (Wildman–Crippen LogP) is 4.44. The van der Waals surface area contributed by atoms with E-state index in [1.807, 2.05) is 0 Å². The highest BCUT2D eigenvalue weighted by Crippen LogP contribution is 2.22. The van der Waals surface area contributed by atoms with Crippen LogP contribution in [0.1, 0.15) is 71.1 Å². The Labute approximate surface area is 102 Å². The van der Waals surface area contributed by atoms with Gasteiger partial charge in [0, 0.05) is 6.04 Å². The molecule has 16 heavy (non-hydrogen) atoms. The molecule has 0 aromatic carbocycles. The van der Waals surface area contributed by atoms with Crippen LogP contribution in [0.25, 0.3) is 0 Å². The molecule has 0 bridgehead atoms. The second-order valence-electron chi connectivity index (χ2n) is 5.07. The Morgan fingerprint density at radius 3 is 2.81 bits per heavy atom. The molecule has 0 fully saturated rings. The van der Waals surface area contributed by atoms with E-state index in [2.05, 4.69) is 25.4 Å². The maximum absolute atomic E-state index is 3.51. The Morgan fingerprint density at radius 2 is 2.06 bits per heavy atom. The van der Waals surface area contributed by atoms with Crippen LogP contribution in [0.2, 0.25) is 0 Å². The van der Waals surface area contributed by atoms with Crippen molar-refractivity contribution in [2.75, 3.05) is 7.05 Å². The van der Waals surface area contributed by atoms with Crippen molar-refractivity contribution in [1.29, 1.82) is 0 Å². The summed E-state index contributed by atoms with van der Waals surface area (Å²) in [6.07, 6.45) is 16.2. The maximum atomic E-state index is 3.51. The number of unbranched alkanes of at least 4 members (excludes halogenated alkanes) is 3. The Kier molecular flexibility index (Phi) is 7.58. The lowest BCUT2D eigenvalue weighted by Crippen LogP contribution is -2.27. The number of hydrogen-bond acceptors (Lipinski definition) is 1. The van der Waals surface area contributed by atoms with Gasteiger partial charge in [-0.3, -0.25) is 0 Å². The minimum atomic E-state index is 0.662. The third kappa shape index (κ3) is 5.16. The normalized spacial score (nSPS) is 19.0. The van der Waals surface area contributed by atoms with Crippen molar-refractivity contribution in [3.8, 4) is 0 Å². The lowest BCUT2D eigenvalue weighted by Gasteiger charge is -2.19. The van der Waals surface area contributed by atoms with Crippen LogP contribution in [0.5, 0.6) is 0 Å². The zero-order chi connectivity index (χ0) is 11.6. The van der Waals surface area contributed by atoms with Crippen molar-refractivity contribution in [2.45, 2.75) is 77.2 Å². The summed E-state index contributed by atoms with van der Waals surface area (Å²) in [6.45, 7) is 2.28. The highest BCUT2D eigenvalue weighted by atomic mass is 14.9. The highest BCUT2D eigenvalue weighted by Gasteiger charge is 2.12. The monoisotopic (exact) mass is 223 g/mol. The molecule has 1 aliphatic carbocycles. The quantitative estimate of drug-likeness (QED) is 0.497. The standard InChI is InChI=1S/C15H29N/c1-3-4-5-10-13-15(16-2)14-11-8-6-7-9-12-14/h11,15-16H,3-10,12-13H2,1-2H3. The van der Waals surface area contributed by atoms with Crippen LogP contribution in [0.3, 0.4) is 0 Å². The molecule has 1 nitrogen and oxygen atoms in total. The highest BCUT2D eigenvalue weighted by molar-refractivity contribution is 5.11. The van der Waals surface area contributed by atoms with Gasteiger partial charge in [-0.15, -0.1) is 0 Å². The van der Waals surface area contributed by atoms with Crippen LogP contribution < -0.4 is 5.32 Å². The van der Waals surface area contributed by atoms with Crippen LogP contribution in [0.15, 0.2) is 11.6 Å². The average Bonchev–Trinajstić information content (AvgIpc) is 2.58. The number of likely N-dealkylation sites (N-methyl/N-ethyl adjacent to an activating group) is 1. The summed E-state index contributed by atoms with van der Waals surface area (Å²) < 4.78 is 0. The molecule has 1 aliphatic rings. The number of allylic oxidation sites excluding steroid dienone is 1. The van der Waals surface area contributed by atoms with E-state index >= 15 is 0 Å². The van der Waals surface area contributed by atoms with Gasteiger partial charge in [-0.1, -0.05) is 50.7 Å².